The molecule has 0 atom stereocenters. The van der Waals surface area contributed by atoms with Gasteiger partial charge in [-0.1, -0.05) is 12.1 Å². The van der Waals surface area contributed by atoms with Crippen LogP contribution in [0.2, 0.25) is 0 Å². The molecule has 2 rings (SSSR count). The molecule has 0 bridgehead atoms. The smallest absolute Gasteiger partial charge is 0.341 e. The molecule has 0 amide bonds. The third kappa shape index (κ3) is 2.57. The first-order valence-corrected chi connectivity index (χ1v) is 4.57. The van der Waals surface area contributed by atoms with Gasteiger partial charge >= 0.3 is 5.97 Å². The van der Waals surface area contributed by atoms with Gasteiger partial charge in [-0.2, -0.15) is 4.73 Å². The van der Waals surface area contributed by atoms with Gasteiger partial charge in [-0.15, -0.1) is 24.8 Å². The Morgan fingerprint density at radius 2 is 1.89 bits per heavy atom. The molecule has 1 N–H and O–H groups in total. The normalized spacial score (nSPS) is 9.17. The van der Waals surface area contributed by atoms with Gasteiger partial charge < -0.3 is 9.94 Å². The number of aromatic nitrogens is 1. The van der Waals surface area contributed by atoms with E-state index in [4.69, 9.17) is 9.94 Å². The second-order valence-electron chi connectivity index (χ2n) is 3.20. The molecule has 1 aromatic heterocycles. The molecule has 98 valence electrons. The van der Waals surface area contributed by atoms with Crippen LogP contribution in [-0.4, -0.2) is 22.9 Å². The van der Waals surface area contributed by atoms with E-state index in [9.17, 15) is 9.59 Å². The largest absolute Gasteiger partial charge is 0.477 e. The zero-order chi connectivity index (χ0) is 11.7. The summed E-state index contributed by atoms with van der Waals surface area (Å²) in [5.41, 5.74) is -0.267. The quantitative estimate of drug-likeness (QED) is 0.913. The van der Waals surface area contributed by atoms with E-state index < -0.39 is 11.4 Å². The molecule has 0 radical (unpaired) electrons. The van der Waals surface area contributed by atoms with E-state index in [1.54, 1.807) is 24.3 Å². The van der Waals surface area contributed by atoms with Gasteiger partial charge in [0.05, 0.1) is 11.7 Å². The molecule has 0 aliphatic rings. The third-order valence-corrected chi connectivity index (χ3v) is 2.30. The molecular formula is C11H11Cl2NO4. The Hall–Kier alpha value is -1.72. The van der Waals surface area contributed by atoms with Gasteiger partial charge in [-0.3, -0.25) is 4.79 Å². The standard InChI is InChI=1S/C11H9NO4.2ClH/c1-16-12-6-8(11(14)15)10(13)7-4-2-3-5-9(7)12;;/h2-6H,1H3,(H,14,15);2*1H. The summed E-state index contributed by atoms with van der Waals surface area (Å²) in [6.45, 7) is 0. The number of hydrogen-bond donors (Lipinski definition) is 1. The van der Waals surface area contributed by atoms with Crippen LogP contribution in [0.1, 0.15) is 10.4 Å². The molecule has 0 spiro atoms. The number of pyridine rings is 1. The van der Waals surface area contributed by atoms with Crippen LogP contribution < -0.4 is 10.3 Å². The second kappa shape index (κ2) is 6.28. The van der Waals surface area contributed by atoms with E-state index in [0.717, 1.165) is 0 Å². The molecule has 2 aromatic rings. The van der Waals surface area contributed by atoms with E-state index in [0.29, 0.717) is 10.9 Å². The minimum atomic E-state index is -1.26. The second-order valence-corrected chi connectivity index (χ2v) is 3.20. The summed E-state index contributed by atoms with van der Waals surface area (Å²) in [5.74, 6) is -1.26. The lowest BCUT2D eigenvalue weighted by molar-refractivity contribution is 0.0691. The van der Waals surface area contributed by atoms with E-state index >= 15 is 0 Å². The minimum absolute atomic E-state index is 0. The van der Waals surface area contributed by atoms with Crippen LogP contribution >= 0.6 is 24.8 Å². The predicted molar refractivity (Wildman–Crippen MR) is 72.2 cm³/mol. The Bertz CT molecular complexity index is 624. The molecule has 0 aliphatic heterocycles. The highest BCUT2D eigenvalue weighted by atomic mass is 35.5. The molecule has 1 heterocycles. The van der Waals surface area contributed by atoms with Gasteiger partial charge in [0, 0.05) is 5.39 Å². The highest BCUT2D eigenvalue weighted by molar-refractivity contribution is 5.92. The van der Waals surface area contributed by atoms with Crippen molar-refractivity contribution in [2.45, 2.75) is 0 Å². The van der Waals surface area contributed by atoms with Crippen LogP contribution in [0.4, 0.5) is 0 Å². The SMILES string of the molecule is COn1cc(C(=O)O)c(=O)c2ccccc21.Cl.Cl. The maximum atomic E-state index is 11.8. The Kier molecular flexibility index (Phi) is 5.68. The third-order valence-electron chi connectivity index (χ3n) is 2.30. The number of aromatic carboxylic acids is 1. The maximum absolute atomic E-state index is 11.8. The fourth-order valence-corrected chi connectivity index (χ4v) is 1.55. The highest BCUT2D eigenvalue weighted by Gasteiger charge is 2.13. The summed E-state index contributed by atoms with van der Waals surface area (Å²) >= 11 is 0. The first-order valence-electron chi connectivity index (χ1n) is 4.57. The van der Waals surface area contributed by atoms with E-state index in [-0.39, 0.29) is 30.4 Å². The molecule has 18 heavy (non-hydrogen) atoms. The highest BCUT2D eigenvalue weighted by Crippen LogP contribution is 2.10. The minimum Gasteiger partial charge on any atom is -0.477 e. The van der Waals surface area contributed by atoms with Crippen molar-refractivity contribution >= 4 is 41.7 Å². The summed E-state index contributed by atoms with van der Waals surface area (Å²) in [5, 5.41) is 9.20. The van der Waals surface area contributed by atoms with Gasteiger partial charge in [-0.05, 0) is 12.1 Å². The van der Waals surface area contributed by atoms with E-state index in [2.05, 4.69) is 0 Å². The zero-order valence-electron chi connectivity index (χ0n) is 9.32. The van der Waals surface area contributed by atoms with Crippen molar-refractivity contribution in [2.24, 2.45) is 0 Å². The molecule has 1 aromatic carbocycles. The molecular weight excluding hydrogens is 281 g/mol. The lowest BCUT2D eigenvalue weighted by Crippen LogP contribution is -2.20. The Balaban J connectivity index is 0.00000144. The fraction of sp³-hybridized carbons (Fsp3) is 0.0909. The van der Waals surface area contributed by atoms with Crippen LogP contribution in [0.25, 0.3) is 10.9 Å². The number of carboxylic acid groups (broad SMARTS) is 1. The van der Waals surface area contributed by atoms with Gasteiger partial charge in [-0.25, -0.2) is 4.79 Å². The van der Waals surface area contributed by atoms with Gasteiger partial charge in [0.15, 0.2) is 0 Å². The summed E-state index contributed by atoms with van der Waals surface area (Å²) in [6, 6.07) is 6.68. The zero-order valence-corrected chi connectivity index (χ0v) is 11.0. The molecule has 0 aliphatic carbocycles. The van der Waals surface area contributed by atoms with Crippen molar-refractivity contribution < 1.29 is 14.7 Å². The van der Waals surface area contributed by atoms with Crippen molar-refractivity contribution in [3.63, 3.8) is 0 Å². The predicted octanol–water partition coefficient (Wildman–Crippen LogP) is 1.60. The lowest BCUT2D eigenvalue weighted by atomic mass is 10.1. The number of para-hydroxylation sites is 1. The van der Waals surface area contributed by atoms with Crippen LogP contribution in [0.15, 0.2) is 35.3 Å². The summed E-state index contributed by atoms with van der Waals surface area (Å²) in [6.07, 6.45) is 1.17. The van der Waals surface area contributed by atoms with Crippen LogP contribution in [-0.2, 0) is 0 Å². The van der Waals surface area contributed by atoms with Crippen molar-refractivity contribution in [2.75, 3.05) is 7.11 Å². The number of fused-ring (bicyclic) bond motifs is 1. The van der Waals surface area contributed by atoms with Crippen LogP contribution in [0, 0.1) is 0 Å². The topological polar surface area (TPSA) is 68.5 Å². The lowest BCUT2D eigenvalue weighted by Gasteiger charge is -2.09. The van der Waals surface area contributed by atoms with Crippen LogP contribution in [0.5, 0.6) is 0 Å². The number of halogens is 2. The van der Waals surface area contributed by atoms with Gasteiger partial charge in [0.25, 0.3) is 0 Å². The van der Waals surface area contributed by atoms with E-state index in [1.165, 1.54) is 18.0 Å². The van der Waals surface area contributed by atoms with Gasteiger partial charge in [0.2, 0.25) is 5.43 Å². The fourth-order valence-electron chi connectivity index (χ4n) is 1.55. The Morgan fingerprint density at radius 3 is 2.44 bits per heavy atom. The molecule has 0 saturated heterocycles. The number of benzene rings is 1. The average molecular weight is 292 g/mol. The molecule has 0 fully saturated rings. The van der Waals surface area contributed by atoms with Crippen LogP contribution in [0.3, 0.4) is 0 Å². The summed E-state index contributed by atoms with van der Waals surface area (Å²) < 4.78 is 1.26. The first-order chi connectivity index (χ1) is 7.65. The monoisotopic (exact) mass is 291 g/mol. The number of carboxylic acids is 1. The summed E-state index contributed by atoms with van der Waals surface area (Å²) in [4.78, 5) is 27.6. The number of rotatable bonds is 2. The van der Waals surface area contributed by atoms with Crippen molar-refractivity contribution in [1.29, 1.82) is 0 Å². The van der Waals surface area contributed by atoms with Crippen molar-refractivity contribution in [1.82, 2.24) is 4.73 Å². The van der Waals surface area contributed by atoms with Crippen molar-refractivity contribution in [3.05, 3.63) is 46.2 Å². The number of nitrogens with zero attached hydrogens (tertiary/aromatic N) is 1. The van der Waals surface area contributed by atoms with E-state index in [1.807, 2.05) is 0 Å². The van der Waals surface area contributed by atoms with Crippen molar-refractivity contribution in [3.8, 4) is 0 Å². The maximum Gasteiger partial charge on any atom is 0.341 e. The first kappa shape index (κ1) is 16.3. The average Bonchev–Trinajstić information content (AvgIpc) is 2.29. The molecule has 0 saturated carbocycles. The van der Waals surface area contributed by atoms with Gasteiger partial charge in [0.1, 0.15) is 12.7 Å². The molecule has 0 unspecified atom stereocenters. The molecule has 5 nitrogen and oxygen atoms in total. The molecule has 7 heteroatoms. The number of carbonyl (C=O) groups is 1. The Morgan fingerprint density at radius 1 is 1.28 bits per heavy atom. The summed E-state index contributed by atoms with van der Waals surface area (Å²) in [7, 11) is 1.41. The number of hydrogen-bond acceptors (Lipinski definition) is 3. The Labute approximate surface area is 115 Å².